The Morgan fingerprint density at radius 3 is 2.29 bits per heavy atom. The third-order valence-corrected chi connectivity index (χ3v) is 6.19. The number of unbranched alkanes of at least 4 members (excludes halogenated alkanes) is 1. The predicted octanol–water partition coefficient (Wildman–Crippen LogP) is 3.93. The molecule has 2 fully saturated rings. The fourth-order valence-corrected chi connectivity index (χ4v) is 4.48. The number of piperazine rings is 1. The molecule has 0 unspecified atom stereocenters. The second-order valence-corrected chi connectivity index (χ2v) is 8.19. The number of benzene rings is 2. The van der Waals surface area contributed by atoms with Crippen LogP contribution in [0.2, 0.25) is 0 Å². The van der Waals surface area contributed by atoms with Crippen LogP contribution in [0.25, 0.3) is 0 Å². The minimum Gasteiger partial charge on any atom is -0.492 e. The third-order valence-electron chi connectivity index (χ3n) is 6.19. The van der Waals surface area contributed by atoms with Crippen molar-refractivity contribution in [2.45, 2.75) is 19.8 Å². The molecule has 0 radical (unpaired) electrons. The molecule has 2 aromatic carbocycles. The highest BCUT2D eigenvalue weighted by molar-refractivity contribution is 5.94. The lowest BCUT2D eigenvalue weighted by Gasteiger charge is -2.36. The smallest absolute Gasteiger partial charge is 0.324 e. The summed E-state index contributed by atoms with van der Waals surface area (Å²) in [6.07, 6.45) is 2.19. The van der Waals surface area contributed by atoms with Crippen LogP contribution in [0, 0.1) is 0 Å². The Hall–Kier alpha value is -2.73. The highest BCUT2D eigenvalue weighted by Crippen LogP contribution is 2.28. The molecule has 2 aliphatic rings. The molecule has 4 rings (SSSR count). The van der Waals surface area contributed by atoms with Crippen molar-refractivity contribution >= 4 is 17.4 Å². The zero-order valence-corrected chi connectivity index (χ0v) is 18.6. The van der Waals surface area contributed by atoms with E-state index < -0.39 is 0 Å². The van der Waals surface area contributed by atoms with Crippen molar-refractivity contribution in [1.82, 2.24) is 9.80 Å². The molecule has 6 heteroatoms. The van der Waals surface area contributed by atoms with Crippen LogP contribution in [-0.2, 0) is 0 Å². The monoisotopic (exact) mass is 422 g/mol. The van der Waals surface area contributed by atoms with Gasteiger partial charge in [-0.1, -0.05) is 30.3 Å². The fraction of sp³-hybridized carbons (Fsp3) is 0.480. The molecule has 2 heterocycles. The van der Waals surface area contributed by atoms with Gasteiger partial charge in [0, 0.05) is 51.5 Å². The highest BCUT2D eigenvalue weighted by atomic mass is 16.5. The van der Waals surface area contributed by atoms with Gasteiger partial charge in [0.05, 0.1) is 12.3 Å². The van der Waals surface area contributed by atoms with Crippen LogP contribution in [0.1, 0.15) is 19.8 Å². The van der Waals surface area contributed by atoms with Gasteiger partial charge < -0.3 is 14.5 Å². The van der Waals surface area contributed by atoms with E-state index in [1.165, 1.54) is 5.69 Å². The first-order valence-corrected chi connectivity index (χ1v) is 11.6. The number of hydrogen-bond acceptors (Lipinski definition) is 4. The number of carbonyl (C=O) groups is 1. The lowest BCUT2D eigenvalue weighted by Crippen LogP contribution is -2.46. The van der Waals surface area contributed by atoms with Crippen LogP contribution >= 0.6 is 0 Å². The summed E-state index contributed by atoms with van der Waals surface area (Å²) >= 11 is 0. The minimum absolute atomic E-state index is 0.146. The normalized spacial score (nSPS) is 17.5. The molecule has 6 nitrogen and oxygen atoms in total. The topological polar surface area (TPSA) is 39.3 Å². The maximum atomic E-state index is 12.7. The molecular formula is C25H34N4O2. The quantitative estimate of drug-likeness (QED) is 0.574. The molecule has 166 valence electrons. The van der Waals surface area contributed by atoms with E-state index in [0.29, 0.717) is 6.61 Å². The van der Waals surface area contributed by atoms with Crippen LogP contribution in [-0.4, -0.2) is 74.8 Å². The Morgan fingerprint density at radius 1 is 0.806 bits per heavy atom. The maximum absolute atomic E-state index is 12.7. The molecule has 0 bridgehead atoms. The van der Waals surface area contributed by atoms with E-state index in [2.05, 4.69) is 28.0 Å². The van der Waals surface area contributed by atoms with Crippen molar-refractivity contribution in [2.75, 3.05) is 68.8 Å². The largest absolute Gasteiger partial charge is 0.492 e. The minimum atomic E-state index is 0.146. The zero-order valence-electron chi connectivity index (χ0n) is 18.6. The van der Waals surface area contributed by atoms with Gasteiger partial charge in [-0.25, -0.2) is 4.79 Å². The molecule has 2 saturated heterocycles. The van der Waals surface area contributed by atoms with E-state index in [-0.39, 0.29) is 6.03 Å². The lowest BCUT2D eigenvalue weighted by molar-refractivity contribution is 0.216. The van der Waals surface area contributed by atoms with Crippen molar-refractivity contribution in [2.24, 2.45) is 0 Å². The molecular weight excluding hydrogens is 388 g/mol. The summed E-state index contributed by atoms with van der Waals surface area (Å²) in [5.41, 5.74) is 2.21. The van der Waals surface area contributed by atoms with E-state index in [1.54, 1.807) is 0 Å². The number of nitrogens with zero attached hydrogens (tertiary/aromatic N) is 4. The Morgan fingerprint density at radius 2 is 1.52 bits per heavy atom. The summed E-state index contributed by atoms with van der Waals surface area (Å²) in [5.74, 6) is 0.985. The fourth-order valence-electron chi connectivity index (χ4n) is 4.48. The summed E-state index contributed by atoms with van der Waals surface area (Å²) in [6, 6.07) is 18.5. The van der Waals surface area contributed by atoms with Crippen molar-refractivity contribution in [3.05, 3.63) is 54.6 Å². The molecule has 31 heavy (non-hydrogen) atoms. The van der Waals surface area contributed by atoms with Crippen LogP contribution in [0.15, 0.2) is 54.6 Å². The molecule has 0 aliphatic carbocycles. The van der Waals surface area contributed by atoms with E-state index in [9.17, 15) is 4.79 Å². The Labute approximate surface area is 186 Å². The first-order chi connectivity index (χ1) is 15.3. The molecule has 0 spiro atoms. The van der Waals surface area contributed by atoms with Gasteiger partial charge in [-0.05, 0) is 50.6 Å². The molecule has 2 amide bonds. The van der Waals surface area contributed by atoms with Crippen molar-refractivity contribution in [3.8, 4) is 5.75 Å². The Bertz CT molecular complexity index is 836. The number of carbonyl (C=O) groups excluding carboxylic acids is 1. The number of urea groups is 1. The van der Waals surface area contributed by atoms with Crippen LogP contribution in [0.4, 0.5) is 16.2 Å². The summed E-state index contributed by atoms with van der Waals surface area (Å²) in [5, 5.41) is 0. The van der Waals surface area contributed by atoms with Gasteiger partial charge >= 0.3 is 6.03 Å². The summed E-state index contributed by atoms with van der Waals surface area (Å²) in [4.78, 5) is 21.5. The number of para-hydroxylation sites is 3. The number of anilines is 2. The molecule has 2 aliphatic heterocycles. The number of ether oxygens (including phenoxy) is 1. The van der Waals surface area contributed by atoms with E-state index in [4.69, 9.17) is 4.74 Å². The predicted molar refractivity (Wildman–Crippen MR) is 126 cm³/mol. The lowest BCUT2D eigenvalue weighted by atomic mass is 10.2. The van der Waals surface area contributed by atoms with Gasteiger partial charge in [0.25, 0.3) is 0 Å². The van der Waals surface area contributed by atoms with E-state index in [0.717, 1.165) is 76.6 Å². The van der Waals surface area contributed by atoms with Crippen LogP contribution in [0.5, 0.6) is 5.75 Å². The SMILES string of the molecule is CCOc1ccccc1N1CCN(CCCCN2CCN(c3ccccc3)C2=O)CC1. The molecule has 0 aromatic heterocycles. The van der Waals surface area contributed by atoms with Crippen LogP contribution < -0.4 is 14.5 Å². The van der Waals surface area contributed by atoms with Crippen molar-refractivity contribution < 1.29 is 9.53 Å². The first-order valence-electron chi connectivity index (χ1n) is 11.6. The van der Waals surface area contributed by atoms with Crippen molar-refractivity contribution in [3.63, 3.8) is 0 Å². The number of hydrogen-bond donors (Lipinski definition) is 0. The average molecular weight is 423 g/mol. The molecule has 2 aromatic rings. The molecule has 0 atom stereocenters. The second-order valence-electron chi connectivity index (χ2n) is 8.19. The summed E-state index contributed by atoms with van der Waals surface area (Å²) < 4.78 is 5.80. The molecule has 0 N–H and O–H groups in total. The van der Waals surface area contributed by atoms with Crippen molar-refractivity contribution in [1.29, 1.82) is 0 Å². The van der Waals surface area contributed by atoms with E-state index in [1.807, 2.05) is 53.1 Å². The van der Waals surface area contributed by atoms with Gasteiger partial charge in [0.2, 0.25) is 0 Å². The first kappa shape index (κ1) is 21.5. The van der Waals surface area contributed by atoms with Gasteiger partial charge in [0.1, 0.15) is 5.75 Å². The zero-order chi connectivity index (χ0) is 21.5. The Kier molecular flexibility index (Phi) is 7.30. The number of amides is 2. The van der Waals surface area contributed by atoms with Gasteiger partial charge in [-0.2, -0.15) is 0 Å². The third kappa shape index (κ3) is 5.31. The van der Waals surface area contributed by atoms with Gasteiger partial charge in [0.15, 0.2) is 0 Å². The van der Waals surface area contributed by atoms with Gasteiger partial charge in [-0.3, -0.25) is 9.80 Å². The summed E-state index contributed by atoms with van der Waals surface area (Å²) in [7, 11) is 0. The van der Waals surface area contributed by atoms with Gasteiger partial charge in [-0.15, -0.1) is 0 Å². The average Bonchev–Trinajstić information content (AvgIpc) is 3.18. The molecule has 0 saturated carbocycles. The summed E-state index contributed by atoms with van der Waals surface area (Å²) in [6.45, 7) is 10.5. The second kappa shape index (κ2) is 10.5. The Balaban J connectivity index is 1.16. The maximum Gasteiger partial charge on any atom is 0.324 e. The van der Waals surface area contributed by atoms with E-state index >= 15 is 0 Å². The number of rotatable bonds is 9. The highest BCUT2D eigenvalue weighted by Gasteiger charge is 2.28. The van der Waals surface area contributed by atoms with Crippen LogP contribution in [0.3, 0.4) is 0 Å². The standard InChI is InChI=1S/C25H34N4O2/c1-2-31-24-13-7-6-12-23(24)27-18-16-26(17-19-27)14-8-9-15-28-20-21-29(25(28)30)22-10-4-3-5-11-22/h3-7,10-13H,2,8-9,14-21H2,1H3.